The van der Waals surface area contributed by atoms with E-state index in [1.54, 1.807) is 0 Å². The zero-order valence-electron chi connectivity index (χ0n) is 11.9. The molecule has 102 valence electrons. The Morgan fingerprint density at radius 3 is 2.95 bits per heavy atom. The van der Waals surface area contributed by atoms with Crippen LogP contribution < -0.4 is 15.4 Å². The number of carbonyl (C=O) groups is 1. The topological polar surface area (TPSA) is 50.4 Å². The molecule has 0 bridgehead atoms. The van der Waals surface area contributed by atoms with E-state index < -0.39 is 5.41 Å². The van der Waals surface area contributed by atoms with Crippen LogP contribution in [0.1, 0.15) is 30.5 Å². The Balaban J connectivity index is 2.12. The lowest BCUT2D eigenvalue weighted by Gasteiger charge is -2.19. The van der Waals surface area contributed by atoms with E-state index in [4.69, 9.17) is 4.74 Å². The summed E-state index contributed by atoms with van der Waals surface area (Å²) >= 11 is 0. The average Bonchev–Trinajstić information content (AvgIpc) is 2.80. The second-order valence-electron chi connectivity index (χ2n) is 6.01. The smallest absolute Gasteiger partial charge is 0.234 e. The molecular formula is C15H20N2O2. The predicted molar refractivity (Wildman–Crippen MR) is 74.9 cm³/mol. The standard InChI is InChI=1S/C15H20N2O2/c1-8-5-9-6-10(7-16-4)19-13(9)11-12(8)17-14(18)15(11,2)3/h5,10,16H,6-7H2,1-4H3,(H,17,18). The Kier molecular flexibility index (Phi) is 2.61. The van der Waals surface area contributed by atoms with Gasteiger partial charge in [-0.1, -0.05) is 6.07 Å². The molecule has 0 aromatic heterocycles. The fourth-order valence-electron chi connectivity index (χ4n) is 3.09. The minimum Gasteiger partial charge on any atom is -0.488 e. The number of hydrogen-bond donors (Lipinski definition) is 2. The van der Waals surface area contributed by atoms with Crippen LogP contribution in [0.5, 0.6) is 5.75 Å². The molecular weight excluding hydrogens is 240 g/mol. The van der Waals surface area contributed by atoms with E-state index in [1.165, 1.54) is 5.56 Å². The molecule has 0 saturated carbocycles. The van der Waals surface area contributed by atoms with Crippen molar-refractivity contribution in [1.82, 2.24) is 5.32 Å². The van der Waals surface area contributed by atoms with Gasteiger partial charge in [0, 0.05) is 18.5 Å². The Morgan fingerprint density at radius 1 is 1.53 bits per heavy atom. The summed E-state index contributed by atoms with van der Waals surface area (Å²) in [6.45, 7) is 6.79. The van der Waals surface area contributed by atoms with Gasteiger partial charge in [-0.25, -0.2) is 0 Å². The SMILES string of the molecule is CNCC1Cc2cc(C)c3c(c2O1)C(C)(C)C(=O)N3. The molecule has 2 heterocycles. The largest absolute Gasteiger partial charge is 0.488 e. The third-order valence-electron chi connectivity index (χ3n) is 4.15. The number of likely N-dealkylation sites (N-methyl/N-ethyl adjacent to an activating group) is 1. The van der Waals surface area contributed by atoms with Gasteiger partial charge in [0.25, 0.3) is 0 Å². The first-order valence-electron chi connectivity index (χ1n) is 6.74. The summed E-state index contributed by atoms with van der Waals surface area (Å²) in [5.74, 6) is 0.976. The zero-order chi connectivity index (χ0) is 13.8. The Bertz CT molecular complexity index is 564. The molecule has 1 amide bonds. The molecule has 0 saturated heterocycles. The summed E-state index contributed by atoms with van der Waals surface area (Å²) in [5, 5.41) is 6.15. The highest BCUT2D eigenvalue weighted by Gasteiger charge is 2.44. The monoisotopic (exact) mass is 260 g/mol. The van der Waals surface area contributed by atoms with Gasteiger partial charge in [-0.05, 0) is 38.9 Å². The first-order chi connectivity index (χ1) is 8.95. The number of rotatable bonds is 2. The first-order valence-corrected chi connectivity index (χ1v) is 6.74. The molecule has 1 atom stereocenters. The molecule has 2 N–H and O–H groups in total. The summed E-state index contributed by atoms with van der Waals surface area (Å²) in [6, 6.07) is 2.14. The van der Waals surface area contributed by atoms with Crippen molar-refractivity contribution in [2.75, 3.05) is 18.9 Å². The summed E-state index contributed by atoms with van der Waals surface area (Å²) in [7, 11) is 1.93. The van der Waals surface area contributed by atoms with Gasteiger partial charge >= 0.3 is 0 Å². The van der Waals surface area contributed by atoms with Gasteiger partial charge in [0.15, 0.2) is 0 Å². The van der Waals surface area contributed by atoms with Crippen molar-refractivity contribution in [3.8, 4) is 5.75 Å². The lowest BCUT2D eigenvalue weighted by atomic mass is 9.83. The second kappa shape index (κ2) is 3.97. The maximum atomic E-state index is 12.1. The normalized spacial score (nSPS) is 22.7. The zero-order valence-corrected chi connectivity index (χ0v) is 11.9. The molecule has 3 rings (SSSR count). The number of nitrogens with one attached hydrogen (secondary N) is 2. The van der Waals surface area contributed by atoms with Gasteiger partial charge in [0.05, 0.1) is 11.1 Å². The van der Waals surface area contributed by atoms with Crippen LogP contribution in [-0.4, -0.2) is 25.6 Å². The first kappa shape index (κ1) is 12.5. The van der Waals surface area contributed by atoms with Crippen LogP contribution in [0.25, 0.3) is 0 Å². The van der Waals surface area contributed by atoms with Gasteiger partial charge in [0.2, 0.25) is 5.91 Å². The minimum atomic E-state index is -0.514. The summed E-state index contributed by atoms with van der Waals surface area (Å²) in [4.78, 5) is 12.1. The molecule has 2 aliphatic heterocycles. The number of anilines is 1. The van der Waals surface area contributed by atoms with Crippen LogP contribution in [0.4, 0.5) is 5.69 Å². The van der Waals surface area contributed by atoms with E-state index >= 15 is 0 Å². The molecule has 1 aromatic rings. The van der Waals surface area contributed by atoms with E-state index in [-0.39, 0.29) is 12.0 Å². The highest BCUT2D eigenvalue weighted by Crippen LogP contribution is 2.49. The van der Waals surface area contributed by atoms with Gasteiger partial charge in [-0.2, -0.15) is 0 Å². The number of amides is 1. The summed E-state index contributed by atoms with van der Waals surface area (Å²) < 4.78 is 6.07. The highest BCUT2D eigenvalue weighted by atomic mass is 16.5. The summed E-state index contributed by atoms with van der Waals surface area (Å²) in [6.07, 6.45) is 1.08. The van der Waals surface area contributed by atoms with Gasteiger partial charge in [-0.15, -0.1) is 0 Å². The molecule has 4 nitrogen and oxygen atoms in total. The molecule has 2 aliphatic rings. The van der Waals surface area contributed by atoms with Crippen LogP contribution in [0.2, 0.25) is 0 Å². The molecule has 0 aliphatic carbocycles. The third-order valence-corrected chi connectivity index (χ3v) is 4.15. The van der Waals surface area contributed by atoms with Crippen LogP contribution in [-0.2, 0) is 16.6 Å². The van der Waals surface area contributed by atoms with E-state index in [2.05, 4.69) is 16.7 Å². The van der Waals surface area contributed by atoms with Crippen molar-refractivity contribution in [2.24, 2.45) is 0 Å². The van der Waals surface area contributed by atoms with Crippen LogP contribution in [0.15, 0.2) is 6.07 Å². The molecule has 0 radical (unpaired) electrons. The van der Waals surface area contributed by atoms with E-state index in [1.807, 2.05) is 27.8 Å². The van der Waals surface area contributed by atoms with E-state index in [9.17, 15) is 4.79 Å². The highest BCUT2D eigenvalue weighted by molar-refractivity contribution is 6.07. The number of hydrogen-bond acceptors (Lipinski definition) is 3. The molecule has 4 heteroatoms. The maximum absolute atomic E-state index is 12.1. The lowest BCUT2D eigenvalue weighted by Crippen LogP contribution is -2.29. The van der Waals surface area contributed by atoms with Crippen LogP contribution in [0.3, 0.4) is 0 Å². The minimum absolute atomic E-state index is 0.0552. The van der Waals surface area contributed by atoms with Crippen molar-refractivity contribution < 1.29 is 9.53 Å². The Morgan fingerprint density at radius 2 is 2.26 bits per heavy atom. The molecule has 1 aromatic carbocycles. The third kappa shape index (κ3) is 1.66. The number of ether oxygens (including phenoxy) is 1. The Labute approximate surface area is 113 Å². The quantitative estimate of drug-likeness (QED) is 0.851. The number of aryl methyl sites for hydroxylation is 1. The fourth-order valence-corrected chi connectivity index (χ4v) is 3.09. The number of carbonyl (C=O) groups excluding carboxylic acids is 1. The van der Waals surface area contributed by atoms with Crippen molar-refractivity contribution in [3.05, 3.63) is 22.8 Å². The molecule has 0 spiro atoms. The lowest BCUT2D eigenvalue weighted by molar-refractivity contribution is -0.119. The van der Waals surface area contributed by atoms with E-state index in [0.717, 1.165) is 35.5 Å². The van der Waals surface area contributed by atoms with Gasteiger partial charge < -0.3 is 15.4 Å². The molecule has 1 unspecified atom stereocenters. The average molecular weight is 260 g/mol. The number of fused-ring (bicyclic) bond motifs is 3. The maximum Gasteiger partial charge on any atom is 0.234 e. The van der Waals surface area contributed by atoms with Crippen molar-refractivity contribution >= 4 is 11.6 Å². The van der Waals surface area contributed by atoms with Crippen molar-refractivity contribution in [3.63, 3.8) is 0 Å². The van der Waals surface area contributed by atoms with Crippen LogP contribution >= 0.6 is 0 Å². The predicted octanol–water partition coefficient (Wildman–Crippen LogP) is 1.75. The van der Waals surface area contributed by atoms with E-state index in [0.29, 0.717) is 0 Å². The van der Waals surface area contributed by atoms with Gasteiger partial charge in [-0.3, -0.25) is 4.79 Å². The van der Waals surface area contributed by atoms with Gasteiger partial charge in [0.1, 0.15) is 11.9 Å². The Hall–Kier alpha value is -1.55. The van der Waals surface area contributed by atoms with Crippen LogP contribution in [0, 0.1) is 6.92 Å². The van der Waals surface area contributed by atoms with Crippen molar-refractivity contribution in [1.29, 1.82) is 0 Å². The molecule has 19 heavy (non-hydrogen) atoms. The summed E-state index contributed by atoms with van der Waals surface area (Å²) in [5.41, 5.74) is 3.81. The number of benzene rings is 1. The molecule has 0 fully saturated rings. The fraction of sp³-hybridized carbons (Fsp3) is 0.533. The second-order valence-corrected chi connectivity index (χ2v) is 6.01. The van der Waals surface area contributed by atoms with Crippen molar-refractivity contribution in [2.45, 2.75) is 38.7 Å².